The molecule has 0 fully saturated rings. The Labute approximate surface area is 81.8 Å². The molecule has 0 N–H and O–H groups in total. The van der Waals surface area contributed by atoms with Gasteiger partial charge in [0.25, 0.3) is 6.36 Å². The topological polar surface area (TPSA) is 18.5 Å². The van der Waals surface area contributed by atoms with Gasteiger partial charge in [-0.2, -0.15) is 4.39 Å². The van der Waals surface area contributed by atoms with Crippen molar-refractivity contribution in [2.45, 2.75) is 19.1 Å². The van der Waals surface area contributed by atoms with Gasteiger partial charge < -0.3 is 9.47 Å². The van der Waals surface area contributed by atoms with Crippen LogP contribution in [0.25, 0.3) is 0 Å². The van der Waals surface area contributed by atoms with Crippen LogP contribution in [0.1, 0.15) is 0 Å². The molecule has 0 bridgehead atoms. The molecule has 0 aromatic rings. The minimum atomic E-state index is -4.57. The monoisotopic (exact) mass is 238 g/mol. The zero-order valence-electron chi connectivity index (χ0n) is 7.31. The molecule has 2 nitrogen and oxygen atoms in total. The zero-order chi connectivity index (χ0) is 12.5. The fraction of sp³-hybridized carbons (Fsp3) is 0.429. The predicted octanol–water partition coefficient (Wildman–Crippen LogP) is 3.37. The molecule has 1 atom stereocenters. The van der Waals surface area contributed by atoms with Crippen molar-refractivity contribution in [3.8, 4) is 0 Å². The summed E-state index contributed by atoms with van der Waals surface area (Å²) in [6, 6.07) is 0. The van der Waals surface area contributed by atoms with E-state index in [1.807, 2.05) is 0 Å². The molecule has 0 aliphatic rings. The molecule has 0 saturated carbocycles. The molecular formula is C7H8F6O2. The lowest BCUT2D eigenvalue weighted by Gasteiger charge is -2.03. The Morgan fingerprint density at radius 3 is 1.53 bits per heavy atom. The summed E-state index contributed by atoms with van der Waals surface area (Å²) in [7, 11) is 0. The van der Waals surface area contributed by atoms with E-state index in [4.69, 9.17) is 0 Å². The fourth-order valence-electron chi connectivity index (χ4n) is 0.246. The largest absolute Gasteiger partial charge is 0.572 e. The van der Waals surface area contributed by atoms with E-state index in [9.17, 15) is 26.3 Å². The van der Waals surface area contributed by atoms with E-state index in [1.54, 1.807) is 0 Å². The lowest BCUT2D eigenvalue weighted by atomic mass is 10.7. The Morgan fingerprint density at radius 1 is 1.00 bits per heavy atom. The van der Waals surface area contributed by atoms with E-state index >= 15 is 0 Å². The van der Waals surface area contributed by atoms with Crippen LogP contribution in [-0.2, 0) is 9.47 Å². The summed E-state index contributed by atoms with van der Waals surface area (Å²) >= 11 is 0. The summed E-state index contributed by atoms with van der Waals surface area (Å²) < 4.78 is 72.5. The summed E-state index contributed by atoms with van der Waals surface area (Å²) in [6.07, 6.45) is -9.22. The van der Waals surface area contributed by atoms with Crippen LogP contribution in [0.15, 0.2) is 25.7 Å². The standard InChI is InChI=1S/C4H5F3O.C3H3F3O/c1-2-8-4(7)3(5)6;1-2-7-3(4,5)6/h2-4H,1H2;2H,1H2. The third-order valence-electron chi connectivity index (χ3n) is 0.641. The summed E-state index contributed by atoms with van der Waals surface area (Å²) in [5.41, 5.74) is 0. The van der Waals surface area contributed by atoms with Gasteiger partial charge in [-0.05, 0) is 0 Å². The second-order valence-electron chi connectivity index (χ2n) is 1.72. The third-order valence-corrected chi connectivity index (χ3v) is 0.641. The van der Waals surface area contributed by atoms with E-state index in [2.05, 4.69) is 22.6 Å². The van der Waals surface area contributed by atoms with Crippen molar-refractivity contribution in [2.24, 2.45) is 0 Å². The maximum Gasteiger partial charge on any atom is 0.572 e. The van der Waals surface area contributed by atoms with Gasteiger partial charge in [0.2, 0.25) is 0 Å². The number of ether oxygens (including phenoxy) is 2. The van der Waals surface area contributed by atoms with Crippen molar-refractivity contribution >= 4 is 0 Å². The number of hydrogen-bond acceptors (Lipinski definition) is 2. The van der Waals surface area contributed by atoms with Crippen molar-refractivity contribution in [2.75, 3.05) is 0 Å². The first-order valence-electron chi connectivity index (χ1n) is 3.28. The van der Waals surface area contributed by atoms with E-state index in [0.717, 1.165) is 0 Å². The van der Waals surface area contributed by atoms with Crippen LogP contribution >= 0.6 is 0 Å². The van der Waals surface area contributed by atoms with Crippen molar-refractivity contribution in [1.82, 2.24) is 0 Å². The Hall–Kier alpha value is -1.34. The molecule has 15 heavy (non-hydrogen) atoms. The number of hydrogen-bond donors (Lipinski definition) is 0. The molecule has 8 heteroatoms. The number of alkyl halides is 6. The Morgan fingerprint density at radius 2 is 1.47 bits per heavy atom. The molecule has 0 aliphatic carbocycles. The molecule has 0 spiro atoms. The zero-order valence-corrected chi connectivity index (χ0v) is 7.31. The molecule has 0 aromatic heterocycles. The maximum absolute atomic E-state index is 11.5. The van der Waals surface area contributed by atoms with Crippen LogP contribution in [0, 0.1) is 0 Å². The fourth-order valence-corrected chi connectivity index (χ4v) is 0.246. The molecular weight excluding hydrogens is 230 g/mol. The molecule has 0 radical (unpaired) electrons. The van der Waals surface area contributed by atoms with Gasteiger partial charge in [0.1, 0.15) is 0 Å². The highest BCUT2D eigenvalue weighted by Gasteiger charge is 2.28. The van der Waals surface area contributed by atoms with Gasteiger partial charge in [-0.3, -0.25) is 0 Å². The quantitative estimate of drug-likeness (QED) is 0.552. The normalized spacial score (nSPS) is 12.2. The van der Waals surface area contributed by atoms with Crippen LogP contribution in [0.5, 0.6) is 0 Å². The third kappa shape index (κ3) is 15.4. The molecule has 0 amide bonds. The average Bonchev–Trinajstić information content (AvgIpc) is 2.03. The maximum atomic E-state index is 11.5. The Bertz CT molecular complexity index is 179. The first kappa shape index (κ1) is 16.1. The molecule has 1 unspecified atom stereocenters. The van der Waals surface area contributed by atoms with Gasteiger partial charge in [0.15, 0.2) is 0 Å². The highest BCUT2D eigenvalue weighted by molar-refractivity contribution is 4.53. The van der Waals surface area contributed by atoms with Crippen LogP contribution in [0.2, 0.25) is 0 Å². The van der Waals surface area contributed by atoms with Crippen molar-refractivity contribution in [3.05, 3.63) is 25.7 Å². The summed E-state index contributed by atoms with van der Waals surface area (Å²) in [6.45, 7) is 5.59. The minimum Gasteiger partial charge on any atom is -0.463 e. The van der Waals surface area contributed by atoms with Crippen molar-refractivity contribution in [1.29, 1.82) is 0 Å². The Kier molecular flexibility index (Phi) is 8.60. The van der Waals surface area contributed by atoms with Crippen molar-refractivity contribution in [3.63, 3.8) is 0 Å². The van der Waals surface area contributed by atoms with Crippen LogP contribution in [-0.4, -0.2) is 19.1 Å². The van der Waals surface area contributed by atoms with E-state index in [-0.39, 0.29) is 0 Å². The molecule has 0 aliphatic heterocycles. The van der Waals surface area contributed by atoms with Crippen LogP contribution < -0.4 is 0 Å². The van der Waals surface area contributed by atoms with E-state index < -0.39 is 19.1 Å². The summed E-state index contributed by atoms with van der Waals surface area (Å²) in [5, 5.41) is 0. The first-order chi connectivity index (χ1) is 6.74. The average molecular weight is 238 g/mol. The highest BCUT2D eigenvalue weighted by atomic mass is 19.4. The Balaban J connectivity index is 0. The van der Waals surface area contributed by atoms with Crippen LogP contribution in [0.4, 0.5) is 26.3 Å². The van der Waals surface area contributed by atoms with Gasteiger partial charge in [-0.1, -0.05) is 13.2 Å². The van der Waals surface area contributed by atoms with Gasteiger partial charge in [-0.25, -0.2) is 8.78 Å². The lowest BCUT2D eigenvalue weighted by Crippen LogP contribution is -2.12. The van der Waals surface area contributed by atoms with E-state index in [1.165, 1.54) is 0 Å². The summed E-state index contributed by atoms with van der Waals surface area (Å²) in [5.74, 6) is 0. The SMILES string of the molecule is C=COC(F)(F)F.C=COC(F)C(F)F. The molecule has 0 saturated heterocycles. The second kappa shape index (κ2) is 8.01. The number of rotatable bonds is 4. The molecule has 0 aromatic carbocycles. The van der Waals surface area contributed by atoms with Crippen molar-refractivity contribution < 1.29 is 35.8 Å². The van der Waals surface area contributed by atoms with E-state index in [0.29, 0.717) is 12.5 Å². The predicted molar refractivity (Wildman–Crippen MR) is 39.5 cm³/mol. The van der Waals surface area contributed by atoms with Gasteiger partial charge in [-0.15, -0.1) is 13.2 Å². The van der Waals surface area contributed by atoms with Gasteiger partial charge in [0.05, 0.1) is 12.5 Å². The smallest absolute Gasteiger partial charge is 0.463 e. The molecule has 0 rings (SSSR count). The molecule has 0 heterocycles. The minimum absolute atomic E-state index is 0.333. The number of halogens is 6. The molecule has 90 valence electrons. The van der Waals surface area contributed by atoms with Crippen LogP contribution in [0.3, 0.4) is 0 Å². The first-order valence-corrected chi connectivity index (χ1v) is 3.28. The summed E-state index contributed by atoms with van der Waals surface area (Å²) in [4.78, 5) is 0. The van der Waals surface area contributed by atoms with Gasteiger partial charge in [0, 0.05) is 0 Å². The lowest BCUT2D eigenvalue weighted by molar-refractivity contribution is -0.297. The highest BCUT2D eigenvalue weighted by Crippen LogP contribution is 2.15. The second-order valence-corrected chi connectivity index (χ2v) is 1.72. The van der Waals surface area contributed by atoms with Gasteiger partial charge >= 0.3 is 12.8 Å².